The van der Waals surface area contributed by atoms with Gasteiger partial charge in [-0.15, -0.1) is 0 Å². The number of ether oxygens (including phenoxy) is 7. The number of Topliss-reactive ketones (excluding diaryl/α,β-unsaturated/α-hetero) is 1. The Labute approximate surface area is 207 Å². The average molecular weight is 492 g/mol. The second-order valence-electron chi connectivity index (χ2n) is 7.47. The number of ketones is 1. The fraction of sp³-hybridized carbons (Fsp3) is 0.185. The summed E-state index contributed by atoms with van der Waals surface area (Å²) in [5, 5.41) is 0. The molecule has 4 rings (SSSR count). The number of carbonyl (C=O) groups is 2. The molecule has 0 aromatic heterocycles. The predicted molar refractivity (Wildman–Crippen MR) is 130 cm³/mol. The molecule has 0 atom stereocenters. The van der Waals surface area contributed by atoms with Crippen LogP contribution in [0.3, 0.4) is 0 Å². The Morgan fingerprint density at radius 2 is 1.36 bits per heavy atom. The van der Waals surface area contributed by atoms with Gasteiger partial charge in [0, 0.05) is 17.7 Å². The summed E-state index contributed by atoms with van der Waals surface area (Å²) in [6, 6.07) is 12.8. The topological polar surface area (TPSA) is 98.8 Å². The molecule has 1 aliphatic rings. The largest absolute Gasteiger partial charge is 0.496 e. The van der Waals surface area contributed by atoms with Gasteiger partial charge in [-0.05, 0) is 36.4 Å². The van der Waals surface area contributed by atoms with Gasteiger partial charge in [0.1, 0.15) is 34.3 Å². The molecule has 0 amide bonds. The number of benzene rings is 3. The van der Waals surface area contributed by atoms with Crippen molar-refractivity contribution in [3.05, 3.63) is 71.0 Å². The second-order valence-corrected chi connectivity index (χ2v) is 7.47. The third kappa shape index (κ3) is 4.50. The summed E-state index contributed by atoms with van der Waals surface area (Å²) in [6.07, 6.45) is 1.55. The smallest absolute Gasteiger partial charge is 0.351 e. The fourth-order valence-corrected chi connectivity index (χ4v) is 3.75. The standard InChI is InChI=1S/C27H24O9/c1-30-18-7-6-8-19(31-2)25(18)27(29)35-16-9-10-17-21(13-16)36-24(26(17)28)12-15-11-22(33-4)23(34-5)14-20(15)32-3/h6-14H,1-5H3/b24-12-. The maximum atomic E-state index is 13.0. The Balaban J connectivity index is 1.62. The lowest BCUT2D eigenvalue weighted by Crippen LogP contribution is -2.12. The number of allylic oxidation sites excluding steroid dienone is 1. The number of esters is 1. The van der Waals surface area contributed by atoms with E-state index in [9.17, 15) is 9.59 Å². The van der Waals surface area contributed by atoms with E-state index in [4.69, 9.17) is 33.2 Å². The first-order valence-corrected chi connectivity index (χ1v) is 10.8. The lowest BCUT2D eigenvalue weighted by atomic mass is 10.1. The molecule has 186 valence electrons. The van der Waals surface area contributed by atoms with Gasteiger partial charge in [-0.1, -0.05) is 6.07 Å². The molecule has 3 aromatic rings. The molecule has 0 N–H and O–H groups in total. The van der Waals surface area contributed by atoms with Crippen LogP contribution >= 0.6 is 0 Å². The molecule has 1 heterocycles. The van der Waals surface area contributed by atoms with E-state index in [0.29, 0.717) is 39.9 Å². The van der Waals surface area contributed by atoms with Crippen molar-refractivity contribution >= 4 is 17.8 Å². The first kappa shape index (κ1) is 24.5. The summed E-state index contributed by atoms with van der Waals surface area (Å²) in [5.41, 5.74) is 1.03. The molecule has 0 aliphatic carbocycles. The normalized spacial score (nSPS) is 13.0. The van der Waals surface area contributed by atoms with Gasteiger partial charge in [0.05, 0.1) is 41.1 Å². The lowest BCUT2D eigenvalue weighted by Gasteiger charge is -2.12. The van der Waals surface area contributed by atoms with Crippen LogP contribution in [0.5, 0.6) is 40.2 Å². The molecule has 9 heteroatoms. The Hall–Kier alpha value is -4.66. The molecule has 9 nitrogen and oxygen atoms in total. The van der Waals surface area contributed by atoms with Crippen molar-refractivity contribution in [2.75, 3.05) is 35.5 Å². The molecule has 0 radical (unpaired) electrons. The highest BCUT2D eigenvalue weighted by atomic mass is 16.5. The monoisotopic (exact) mass is 492 g/mol. The van der Waals surface area contributed by atoms with E-state index >= 15 is 0 Å². The zero-order valence-electron chi connectivity index (χ0n) is 20.4. The molecule has 0 saturated heterocycles. The molecule has 36 heavy (non-hydrogen) atoms. The highest BCUT2D eigenvalue weighted by Crippen LogP contribution is 2.39. The third-order valence-electron chi connectivity index (χ3n) is 5.51. The zero-order chi connectivity index (χ0) is 25.8. The van der Waals surface area contributed by atoms with E-state index in [1.165, 1.54) is 53.7 Å². The Kier molecular flexibility index (Phi) is 7.00. The highest BCUT2D eigenvalue weighted by molar-refractivity contribution is 6.14. The van der Waals surface area contributed by atoms with E-state index in [-0.39, 0.29) is 28.6 Å². The van der Waals surface area contributed by atoms with Gasteiger partial charge in [-0.3, -0.25) is 4.79 Å². The van der Waals surface area contributed by atoms with Gasteiger partial charge < -0.3 is 33.2 Å². The SMILES string of the molecule is COc1cc(OC)c(OC)cc1/C=C1\Oc2cc(OC(=O)c3c(OC)cccc3OC)ccc2C1=O. The number of rotatable bonds is 8. The van der Waals surface area contributed by atoms with Crippen LogP contribution in [-0.2, 0) is 0 Å². The summed E-state index contributed by atoms with van der Waals surface area (Å²) in [5.74, 6) is 1.53. The van der Waals surface area contributed by atoms with Gasteiger partial charge in [0.15, 0.2) is 17.3 Å². The van der Waals surface area contributed by atoms with Crippen LogP contribution in [0.25, 0.3) is 6.08 Å². The fourth-order valence-electron chi connectivity index (χ4n) is 3.75. The summed E-state index contributed by atoms with van der Waals surface area (Å²) in [6.45, 7) is 0. The zero-order valence-corrected chi connectivity index (χ0v) is 20.4. The minimum atomic E-state index is -0.681. The van der Waals surface area contributed by atoms with Crippen molar-refractivity contribution < 1.29 is 42.7 Å². The van der Waals surface area contributed by atoms with E-state index in [1.54, 1.807) is 36.4 Å². The second kappa shape index (κ2) is 10.3. The Morgan fingerprint density at radius 1 is 0.750 bits per heavy atom. The van der Waals surface area contributed by atoms with E-state index in [0.717, 1.165) is 0 Å². The predicted octanol–water partition coefficient (Wildman–Crippen LogP) is 4.57. The summed E-state index contributed by atoms with van der Waals surface area (Å²) >= 11 is 0. The highest BCUT2D eigenvalue weighted by Gasteiger charge is 2.29. The van der Waals surface area contributed by atoms with Gasteiger partial charge >= 0.3 is 5.97 Å². The molecule has 1 aliphatic heterocycles. The van der Waals surface area contributed by atoms with Crippen LogP contribution in [-0.4, -0.2) is 47.3 Å². The maximum Gasteiger partial charge on any atom is 0.351 e. The molecule has 3 aromatic carbocycles. The van der Waals surface area contributed by atoms with Crippen LogP contribution < -0.4 is 33.2 Å². The van der Waals surface area contributed by atoms with E-state index in [2.05, 4.69) is 0 Å². The molecule has 0 bridgehead atoms. The average Bonchev–Trinajstić information content (AvgIpc) is 3.21. The van der Waals surface area contributed by atoms with E-state index in [1.807, 2.05) is 0 Å². The minimum Gasteiger partial charge on any atom is -0.496 e. The molecule has 0 spiro atoms. The van der Waals surface area contributed by atoms with Crippen molar-refractivity contribution in [3.8, 4) is 40.2 Å². The lowest BCUT2D eigenvalue weighted by molar-refractivity contribution is 0.0727. The number of hydrogen-bond donors (Lipinski definition) is 0. The number of carbonyl (C=O) groups excluding carboxylic acids is 2. The van der Waals surface area contributed by atoms with Crippen molar-refractivity contribution in [2.24, 2.45) is 0 Å². The third-order valence-corrected chi connectivity index (χ3v) is 5.51. The van der Waals surface area contributed by atoms with Crippen LogP contribution in [0.4, 0.5) is 0 Å². The molecule has 0 saturated carbocycles. The van der Waals surface area contributed by atoms with Crippen LogP contribution in [0, 0.1) is 0 Å². The Morgan fingerprint density at radius 3 is 1.97 bits per heavy atom. The summed E-state index contributed by atoms with van der Waals surface area (Å²) in [7, 11) is 7.43. The quantitative estimate of drug-likeness (QED) is 0.254. The van der Waals surface area contributed by atoms with E-state index < -0.39 is 5.97 Å². The minimum absolute atomic E-state index is 0.0744. The van der Waals surface area contributed by atoms with Crippen LogP contribution in [0.15, 0.2) is 54.3 Å². The van der Waals surface area contributed by atoms with Crippen molar-refractivity contribution in [1.82, 2.24) is 0 Å². The van der Waals surface area contributed by atoms with Gasteiger partial charge in [0.2, 0.25) is 5.78 Å². The van der Waals surface area contributed by atoms with Gasteiger partial charge in [-0.2, -0.15) is 0 Å². The maximum absolute atomic E-state index is 13.0. The van der Waals surface area contributed by atoms with Crippen LogP contribution in [0.1, 0.15) is 26.3 Å². The number of methoxy groups -OCH3 is 5. The van der Waals surface area contributed by atoms with Gasteiger partial charge in [0.25, 0.3) is 0 Å². The van der Waals surface area contributed by atoms with Crippen LogP contribution in [0.2, 0.25) is 0 Å². The van der Waals surface area contributed by atoms with Gasteiger partial charge in [-0.25, -0.2) is 4.79 Å². The number of fused-ring (bicyclic) bond motifs is 1. The van der Waals surface area contributed by atoms with Crippen molar-refractivity contribution in [2.45, 2.75) is 0 Å². The summed E-state index contributed by atoms with van der Waals surface area (Å²) in [4.78, 5) is 25.9. The first-order valence-electron chi connectivity index (χ1n) is 10.8. The number of hydrogen-bond acceptors (Lipinski definition) is 9. The van der Waals surface area contributed by atoms with Crippen molar-refractivity contribution in [1.29, 1.82) is 0 Å². The van der Waals surface area contributed by atoms with Crippen molar-refractivity contribution in [3.63, 3.8) is 0 Å². The molecular weight excluding hydrogens is 468 g/mol. The Bertz CT molecular complexity index is 1340. The first-order chi connectivity index (χ1) is 17.4. The molecule has 0 fully saturated rings. The molecular formula is C27H24O9. The summed E-state index contributed by atoms with van der Waals surface area (Å²) < 4.78 is 38.0. The molecule has 0 unspecified atom stereocenters.